The predicted octanol–water partition coefficient (Wildman–Crippen LogP) is 5.10. The molecule has 4 nitrogen and oxygen atoms in total. The Kier molecular flexibility index (Phi) is 4.68. The van der Waals surface area contributed by atoms with Crippen molar-refractivity contribution in [2.45, 2.75) is 13.8 Å². The van der Waals surface area contributed by atoms with E-state index in [1.807, 2.05) is 50.2 Å². The normalized spacial score (nSPS) is 11.5. The fourth-order valence-corrected chi connectivity index (χ4v) is 2.86. The number of allylic oxidation sites excluding steroid dienone is 1. The van der Waals surface area contributed by atoms with Crippen LogP contribution in [0.3, 0.4) is 0 Å². The van der Waals surface area contributed by atoms with Crippen molar-refractivity contribution in [1.82, 2.24) is 9.97 Å². The van der Waals surface area contributed by atoms with Gasteiger partial charge >= 0.3 is 0 Å². The molecule has 0 unspecified atom stereocenters. The quantitative estimate of drug-likeness (QED) is 0.639. The lowest BCUT2D eigenvalue weighted by Crippen LogP contribution is -1.94. The number of nitrogens with zero attached hydrogens (tertiary/aromatic N) is 2. The van der Waals surface area contributed by atoms with Crippen molar-refractivity contribution in [3.8, 4) is 11.8 Å². The summed E-state index contributed by atoms with van der Waals surface area (Å²) in [5, 5.41) is 9.58. The maximum absolute atomic E-state index is 9.58. The minimum atomic E-state index is 0.461. The zero-order valence-electron chi connectivity index (χ0n) is 13.4. The molecule has 0 radical (unpaired) electrons. The number of aromatic amines is 1. The number of hydrogen-bond acceptors (Lipinski definition) is 3. The highest BCUT2D eigenvalue weighted by Gasteiger charge is 2.10. The fourth-order valence-electron chi connectivity index (χ4n) is 2.48. The first kappa shape index (κ1) is 16.3. The third kappa shape index (κ3) is 3.34. The van der Waals surface area contributed by atoms with Crippen LogP contribution < -0.4 is 4.74 Å². The Morgan fingerprint density at radius 2 is 2.17 bits per heavy atom. The Labute approximate surface area is 148 Å². The number of fused-ring (bicyclic) bond motifs is 1. The molecule has 0 saturated carbocycles. The van der Waals surface area contributed by atoms with E-state index >= 15 is 0 Å². The second kappa shape index (κ2) is 6.90. The van der Waals surface area contributed by atoms with Crippen LogP contribution in [0, 0.1) is 18.3 Å². The van der Waals surface area contributed by atoms with Crippen LogP contribution in [0.4, 0.5) is 0 Å². The minimum Gasteiger partial charge on any atom is -0.493 e. The molecule has 5 heteroatoms. The molecule has 0 aliphatic carbocycles. The van der Waals surface area contributed by atoms with Crippen molar-refractivity contribution < 1.29 is 4.74 Å². The molecule has 0 atom stereocenters. The van der Waals surface area contributed by atoms with Crippen LogP contribution in [0.1, 0.15) is 23.9 Å². The van der Waals surface area contributed by atoms with Gasteiger partial charge in [0.2, 0.25) is 0 Å². The number of aryl methyl sites for hydroxylation is 1. The number of imidazole rings is 1. The first-order valence-corrected chi connectivity index (χ1v) is 8.41. The lowest BCUT2D eigenvalue weighted by atomic mass is 10.1. The summed E-state index contributed by atoms with van der Waals surface area (Å²) >= 11 is 3.46. The van der Waals surface area contributed by atoms with E-state index in [1.54, 1.807) is 6.08 Å². The number of ether oxygens (including phenoxy) is 1. The number of benzene rings is 2. The Hall–Kier alpha value is -2.58. The van der Waals surface area contributed by atoms with Crippen LogP contribution in [0.2, 0.25) is 0 Å². The van der Waals surface area contributed by atoms with Crippen molar-refractivity contribution in [3.63, 3.8) is 0 Å². The molecular formula is C19H16BrN3O. The third-order valence-corrected chi connectivity index (χ3v) is 4.08. The Morgan fingerprint density at radius 1 is 1.33 bits per heavy atom. The summed E-state index contributed by atoms with van der Waals surface area (Å²) in [5.74, 6) is 1.29. The molecule has 1 aromatic heterocycles. The van der Waals surface area contributed by atoms with Gasteiger partial charge in [-0.25, -0.2) is 4.98 Å². The number of halogens is 1. The van der Waals surface area contributed by atoms with E-state index in [1.165, 1.54) is 0 Å². The molecule has 1 heterocycles. The van der Waals surface area contributed by atoms with Crippen molar-refractivity contribution in [2.24, 2.45) is 0 Å². The maximum Gasteiger partial charge on any atom is 0.149 e. The summed E-state index contributed by atoms with van der Waals surface area (Å²) in [4.78, 5) is 7.74. The van der Waals surface area contributed by atoms with Gasteiger partial charge < -0.3 is 9.72 Å². The van der Waals surface area contributed by atoms with Crippen LogP contribution >= 0.6 is 15.9 Å². The molecule has 2 aromatic carbocycles. The monoisotopic (exact) mass is 381 g/mol. The van der Waals surface area contributed by atoms with Crippen LogP contribution in [0.25, 0.3) is 22.7 Å². The second-order valence-corrected chi connectivity index (χ2v) is 6.31. The molecular weight excluding hydrogens is 366 g/mol. The third-order valence-electron chi connectivity index (χ3n) is 3.58. The van der Waals surface area contributed by atoms with Crippen molar-refractivity contribution >= 4 is 38.6 Å². The summed E-state index contributed by atoms with van der Waals surface area (Å²) < 4.78 is 6.57. The summed E-state index contributed by atoms with van der Waals surface area (Å²) in [6, 6.07) is 13.9. The number of rotatable bonds is 4. The van der Waals surface area contributed by atoms with Gasteiger partial charge in [0.05, 0.1) is 23.2 Å². The molecule has 0 bridgehead atoms. The van der Waals surface area contributed by atoms with Crippen LogP contribution in [0.5, 0.6) is 5.75 Å². The lowest BCUT2D eigenvalue weighted by molar-refractivity contribution is 0.339. The Bertz CT molecular complexity index is 966. The van der Waals surface area contributed by atoms with Crippen molar-refractivity contribution in [3.05, 3.63) is 57.8 Å². The number of aromatic nitrogens is 2. The van der Waals surface area contributed by atoms with Gasteiger partial charge in [0.15, 0.2) is 0 Å². The van der Waals surface area contributed by atoms with E-state index in [9.17, 15) is 5.26 Å². The van der Waals surface area contributed by atoms with Crippen molar-refractivity contribution in [1.29, 1.82) is 5.26 Å². The predicted molar refractivity (Wildman–Crippen MR) is 99.6 cm³/mol. The van der Waals surface area contributed by atoms with E-state index in [0.717, 1.165) is 32.4 Å². The molecule has 1 N–H and O–H groups in total. The van der Waals surface area contributed by atoms with E-state index < -0.39 is 0 Å². The van der Waals surface area contributed by atoms with Crippen LogP contribution in [-0.4, -0.2) is 16.6 Å². The molecule has 3 aromatic rings. The largest absolute Gasteiger partial charge is 0.493 e. The molecule has 0 saturated heterocycles. The van der Waals surface area contributed by atoms with Gasteiger partial charge in [-0.05, 0) is 55.8 Å². The van der Waals surface area contributed by atoms with Crippen LogP contribution in [-0.2, 0) is 0 Å². The Morgan fingerprint density at radius 3 is 2.92 bits per heavy atom. The molecule has 24 heavy (non-hydrogen) atoms. The van der Waals surface area contributed by atoms with Crippen molar-refractivity contribution in [2.75, 3.05) is 6.61 Å². The van der Waals surface area contributed by atoms with E-state index in [4.69, 9.17) is 4.74 Å². The van der Waals surface area contributed by atoms with E-state index in [2.05, 4.69) is 32.0 Å². The topological polar surface area (TPSA) is 61.7 Å². The number of H-pyrrole nitrogens is 1. The highest BCUT2D eigenvalue weighted by atomic mass is 79.9. The highest BCUT2D eigenvalue weighted by Crippen LogP contribution is 2.28. The summed E-state index contributed by atoms with van der Waals surface area (Å²) in [6.07, 6.45) is 1.79. The highest BCUT2D eigenvalue weighted by molar-refractivity contribution is 9.10. The maximum atomic E-state index is 9.58. The Balaban J connectivity index is 2.09. The molecule has 3 rings (SSSR count). The number of nitriles is 1. The molecule has 0 aliphatic rings. The zero-order valence-corrected chi connectivity index (χ0v) is 15.0. The average molecular weight is 382 g/mol. The second-order valence-electron chi connectivity index (χ2n) is 5.39. The lowest BCUT2D eigenvalue weighted by Gasteiger charge is -2.07. The summed E-state index contributed by atoms with van der Waals surface area (Å²) in [7, 11) is 0. The molecule has 0 aliphatic heterocycles. The smallest absolute Gasteiger partial charge is 0.149 e. The van der Waals surface area contributed by atoms with Gasteiger partial charge in [0.1, 0.15) is 17.6 Å². The zero-order chi connectivity index (χ0) is 17.1. The molecule has 120 valence electrons. The van der Waals surface area contributed by atoms with Gasteiger partial charge in [-0.15, -0.1) is 0 Å². The summed E-state index contributed by atoms with van der Waals surface area (Å²) in [6.45, 7) is 4.52. The molecule has 0 amide bonds. The number of nitrogens with one attached hydrogen (secondary N) is 1. The fraction of sp³-hybridized carbons (Fsp3) is 0.158. The van der Waals surface area contributed by atoms with Gasteiger partial charge in [-0.2, -0.15) is 5.26 Å². The first-order valence-electron chi connectivity index (χ1n) is 7.61. The van der Waals surface area contributed by atoms with E-state index in [-0.39, 0.29) is 0 Å². The SMILES string of the molecule is CCOc1ccc(Br)cc1/C=C(/C#N)c1nc2ccc(C)cc2[nH]1. The van der Waals surface area contributed by atoms with Gasteiger partial charge in [-0.3, -0.25) is 0 Å². The standard InChI is InChI=1S/C19H16BrN3O/c1-3-24-18-7-5-15(20)10-13(18)9-14(11-21)19-22-16-6-4-12(2)8-17(16)23-19/h4-10H,3H2,1-2H3,(H,22,23)/b14-9-. The minimum absolute atomic E-state index is 0.461. The van der Waals surface area contributed by atoms with Gasteiger partial charge in [0, 0.05) is 10.0 Å². The summed E-state index contributed by atoms with van der Waals surface area (Å²) in [5.41, 5.74) is 4.20. The first-order chi connectivity index (χ1) is 11.6. The number of hydrogen-bond donors (Lipinski definition) is 1. The van der Waals surface area contributed by atoms with Crippen LogP contribution in [0.15, 0.2) is 40.9 Å². The average Bonchev–Trinajstić information content (AvgIpc) is 2.97. The van der Waals surface area contributed by atoms with Gasteiger partial charge in [-0.1, -0.05) is 22.0 Å². The molecule has 0 fully saturated rings. The molecule has 0 spiro atoms. The van der Waals surface area contributed by atoms with E-state index in [0.29, 0.717) is 18.0 Å². The van der Waals surface area contributed by atoms with Gasteiger partial charge in [0.25, 0.3) is 0 Å².